The van der Waals surface area contributed by atoms with Crippen LogP contribution in [0.25, 0.3) is 0 Å². The molecule has 0 bridgehead atoms. The van der Waals surface area contributed by atoms with Gasteiger partial charge in [-0.1, -0.05) is 167 Å². The Kier molecular flexibility index (Phi) is 39.7. The second-order valence-corrected chi connectivity index (χ2v) is 15.2. The molecule has 0 aliphatic carbocycles. The van der Waals surface area contributed by atoms with Crippen molar-refractivity contribution in [2.45, 2.75) is 245 Å². The topological polar surface area (TPSA) is 92.3 Å². The van der Waals surface area contributed by atoms with Gasteiger partial charge >= 0.3 is 0 Å². The van der Waals surface area contributed by atoms with Crippen molar-refractivity contribution in [3.63, 3.8) is 0 Å². The van der Waals surface area contributed by atoms with Gasteiger partial charge in [-0.25, -0.2) is 0 Å². The van der Waals surface area contributed by atoms with E-state index >= 15 is 0 Å². The van der Waals surface area contributed by atoms with Crippen molar-refractivity contribution in [2.24, 2.45) is 0 Å². The molecule has 0 aliphatic rings. The molecule has 0 aromatic carbocycles. The van der Waals surface area contributed by atoms with E-state index in [0.717, 1.165) is 89.9 Å². The maximum atomic E-state index is 12.1. The predicted octanol–water partition coefficient (Wildman–Crippen LogP) is 13.5. The molecule has 0 aromatic rings. The molecule has 302 valence electrons. The van der Waals surface area contributed by atoms with Gasteiger partial charge in [0, 0.05) is 25.7 Å². The lowest BCUT2D eigenvalue weighted by atomic mass is 10.1. The Morgan fingerprint density at radius 3 is 0.712 bits per heavy atom. The lowest BCUT2D eigenvalue weighted by Crippen LogP contribution is -2.29. The summed E-state index contributed by atoms with van der Waals surface area (Å²) in [7, 11) is 0. The molecule has 0 heterocycles. The van der Waals surface area contributed by atoms with Crippen molar-refractivity contribution in [2.75, 3.05) is 0 Å². The number of rotatable bonds is 39. The van der Waals surface area contributed by atoms with Crippen LogP contribution in [-0.4, -0.2) is 23.6 Å². The van der Waals surface area contributed by atoms with E-state index in [9.17, 15) is 19.2 Å². The Hall–Kier alpha value is -2.24. The molecule has 0 saturated carbocycles. The molecule has 0 aromatic heterocycles. The fourth-order valence-corrected chi connectivity index (χ4v) is 6.55. The molecule has 0 spiro atoms. The first kappa shape index (κ1) is 49.8. The summed E-state index contributed by atoms with van der Waals surface area (Å²) in [5.74, 6) is -0.624. The van der Waals surface area contributed by atoms with Crippen molar-refractivity contribution in [3.8, 4) is 0 Å². The Morgan fingerprint density at radius 2 is 0.481 bits per heavy atom. The monoisotopic (exact) mass is 729 g/mol. The average Bonchev–Trinajstić information content (AvgIpc) is 3.12. The van der Waals surface area contributed by atoms with Gasteiger partial charge < -0.3 is 0 Å². The van der Waals surface area contributed by atoms with E-state index in [0.29, 0.717) is 25.7 Å². The van der Waals surface area contributed by atoms with Gasteiger partial charge in [0.25, 0.3) is 0 Å². The fourth-order valence-electron chi connectivity index (χ4n) is 6.55. The van der Waals surface area contributed by atoms with Crippen LogP contribution in [0, 0.1) is 0 Å². The van der Waals surface area contributed by atoms with Crippen LogP contribution in [-0.2, 0) is 19.2 Å². The number of allylic oxidation sites excluding steroid dienone is 4. The minimum Gasteiger partial charge on any atom is -0.296 e. The van der Waals surface area contributed by atoms with E-state index in [-0.39, 0.29) is 23.6 Å². The van der Waals surface area contributed by atoms with Gasteiger partial charge in [0.2, 0.25) is 23.6 Å². The molecule has 6 heteroatoms. The number of nitrogens with one attached hydrogen (secondary N) is 2. The molecule has 0 aliphatic heterocycles. The number of hydrogen-bond donors (Lipinski definition) is 2. The van der Waals surface area contributed by atoms with Gasteiger partial charge in [-0.2, -0.15) is 0 Å². The third-order valence-electron chi connectivity index (χ3n) is 9.95. The first-order valence-electron chi connectivity index (χ1n) is 22.4. The summed E-state index contributed by atoms with van der Waals surface area (Å²) in [5.41, 5.74) is 0. The van der Waals surface area contributed by atoms with Gasteiger partial charge in [-0.05, 0) is 77.0 Å². The zero-order valence-electron chi connectivity index (χ0n) is 34.4. The van der Waals surface area contributed by atoms with Crippen LogP contribution < -0.4 is 10.6 Å². The smallest absolute Gasteiger partial charge is 0.226 e. The lowest BCUT2D eigenvalue weighted by Gasteiger charge is -2.06. The Balaban J connectivity index is 3.48. The fraction of sp³-hybridized carbons (Fsp3) is 0.826. The standard InChI is InChI=1S/C46H84N2O4/c1-3-5-7-9-11-13-15-17-19-21-23-25-27-31-35-39-43(49)47-45(51)41-37-33-29-30-34-38-42-46(52)48-44(50)40-36-32-28-26-24-22-20-18-16-14-12-10-8-6-4-2/h17-20H,3-16,21-42H2,1-2H3,(H,47,49,51)(H,48,50,52). The molecular weight excluding hydrogens is 645 g/mol. The second kappa shape index (κ2) is 41.5. The average molecular weight is 729 g/mol. The van der Waals surface area contributed by atoms with Crippen molar-refractivity contribution in [1.82, 2.24) is 10.6 Å². The zero-order chi connectivity index (χ0) is 38.0. The summed E-state index contributed by atoms with van der Waals surface area (Å²) in [6, 6.07) is 0. The third kappa shape index (κ3) is 40.5. The van der Waals surface area contributed by atoms with Crippen molar-refractivity contribution in [1.29, 1.82) is 0 Å². The zero-order valence-corrected chi connectivity index (χ0v) is 34.4. The summed E-state index contributed by atoms with van der Waals surface area (Å²) in [6.45, 7) is 4.52. The van der Waals surface area contributed by atoms with Crippen LogP contribution in [0.15, 0.2) is 24.3 Å². The molecule has 0 saturated heterocycles. The van der Waals surface area contributed by atoms with Crippen LogP contribution >= 0.6 is 0 Å². The first-order valence-corrected chi connectivity index (χ1v) is 22.4. The minimum absolute atomic E-state index is 0.146. The molecule has 0 atom stereocenters. The SMILES string of the molecule is CCCCCCCCC=CCCCCCCCC(=O)NC(=O)CCCCCCCCC(=O)NC(=O)CCCCCCCC=CCCCCCCCC. The summed E-state index contributed by atoms with van der Waals surface area (Å²) < 4.78 is 0. The number of amides is 4. The Bertz CT molecular complexity index is 825. The number of carbonyl (C=O) groups excluding carboxylic acids is 4. The summed E-state index contributed by atoms with van der Waals surface area (Å²) in [5, 5.41) is 5.09. The van der Waals surface area contributed by atoms with Crippen molar-refractivity contribution >= 4 is 23.6 Å². The van der Waals surface area contributed by atoms with E-state index in [1.165, 1.54) is 116 Å². The van der Waals surface area contributed by atoms with Gasteiger partial charge in [0.15, 0.2) is 0 Å². The van der Waals surface area contributed by atoms with Crippen molar-refractivity contribution < 1.29 is 19.2 Å². The van der Waals surface area contributed by atoms with Crippen molar-refractivity contribution in [3.05, 3.63) is 24.3 Å². The normalized spacial score (nSPS) is 11.5. The van der Waals surface area contributed by atoms with E-state index in [2.05, 4.69) is 48.8 Å². The van der Waals surface area contributed by atoms with E-state index in [1.54, 1.807) is 0 Å². The molecule has 0 rings (SSSR count). The summed E-state index contributed by atoms with van der Waals surface area (Å²) in [4.78, 5) is 48.4. The Morgan fingerprint density at radius 1 is 0.288 bits per heavy atom. The van der Waals surface area contributed by atoms with Crippen LogP contribution in [0.5, 0.6) is 0 Å². The largest absolute Gasteiger partial charge is 0.296 e. The van der Waals surface area contributed by atoms with Crippen LogP contribution in [0.4, 0.5) is 0 Å². The summed E-state index contributed by atoms with van der Waals surface area (Å²) in [6.07, 6.45) is 48.3. The molecule has 52 heavy (non-hydrogen) atoms. The van der Waals surface area contributed by atoms with Gasteiger partial charge in [-0.3, -0.25) is 29.8 Å². The highest BCUT2D eigenvalue weighted by molar-refractivity contribution is 5.95. The van der Waals surface area contributed by atoms with Gasteiger partial charge in [0.1, 0.15) is 0 Å². The molecule has 0 fully saturated rings. The molecule has 2 N–H and O–H groups in total. The number of carbonyl (C=O) groups is 4. The third-order valence-corrected chi connectivity index (χ3v) is 9.95. The van der Waals surface area contributed by atoms with E-state index in [1.807, 2.05) is 0 Å². The second-order valence-electron chi connectivity index (χ2n) is 15.2. The van der Waals surface area contributed by atoms with Crippen LogP contribution in [0.1, 0.15) is 245 Å². The molecule has 0 radical (unpaired) electrons. The molecule has 4 amide bonds. The highest BCUT2D eigenvalue weighted by atomic mass is 16.2. The van der Waals surface area contributed by atoms with E-state index in [4.69, 9.17) is 0 Å². The maximum Gasteiger partial charge on any atom is 0.226 e. The number of imide groups is 2. The number of unbranched alkanes of at least 4 members (excludes halogenated alkanes) is 27. The predicted molar refractivity (Wildman–Crippen MR) is 222 cm³/mol. The van der Waals surface area contributed by atoms with Gasteiger partial charge in [0.05, 0.1) is 0 Å². The number of hydrogen-bond acceptors (Lipinski definition) is 4. The Labute approximate surface area is 322 Å². The van der Waals surface area contributed by atoms with Crippen LogP contribution in [0.3, 0.4) is 0 Å². The highest BCUT2D eigenvalue weighted by Gasteiger charge is 2.09. The molecule has 0 unspecified atom stereocenters. The van der Waals surface area contributed by atoms with Gasteiger partial charge in [-0.15, -0.1) is 0 Å². The highest BCUT2D eigenvalue weighted by Crippen LogP contribution is 2.13. The van der Waals surface area contributed by atoms with E-state index < -0.39 is 0 Å². The maximum absolute atomic E-state index is 12.1. The molecular formula is C46H84N2O4. The minimum atomic E-state index is -0.166. The van der Waals surface area contributed by atoms with Crippen LogP contribution in [0.2, 0.25) is 0 Å². The molecule has 6 nitrogen and oxygen atoms in total. The summed E-state index contributed by atoms with van der Waals surface area (Å²) >= 11 is 0. The first-order chi connectivity index (χ1) is 25.5. The quantitative estimate of drug-likeness (QED) is 0.0487. The lowest BCUT2D eigenvalue weighted by molar-refractivity contribution is -0.132.